The van der Waals surface area contributed by atoms with E-state index in [1.807, 2.05) is 18.2 Å². The van der Waals surface area contributed by atoms with Gasteiger partial charge in [-0.05, 0) is 30.5 Å². The quantitative estimate of drug-likeness (QED) is 0.525. The molecule has 0 radical (unpaired) electrons. The van der Waals surface area contributed by atoms with Gasteiger partial charge in [0.15, 0.2) is 5.82 Å². The van der Waals surface area contributed by atoms with Gasteiger partial charge in [-0.1, -0.05) is 39.9 Å². The number of anilines is 1. The molecule has 1 aromatic carbocycles. The summed E-state index contributed by atoms with van der Waals surface area (Å²) in [5.41, 5.74) is 1.71. The van der Waals surface area contributed by atoms with Gasteiger partial charge in [0.2, 0.25) is 5.65 Å². The highest BCUT2D eigenvalue weighted by molar-refractivity contribution is 5.48. The standard InChI is InChI=1S/C17H20N6O2/c1-13(11-21(2)12-14-6-4-3-5-7-14)19-15-8-9-16-18-10-17(23(24)25)22(16)20-15/h3-10,13H,11-12H2,1-2H3,(H,19,20). The van der Waals surface area contributed by atoms with Gasteiger partial charge >= 0.3 is 5.82 Å². The zero-order chi connectivity index (χ0) is 17.8. The number of nitrogens with one attached hydrogen (secondary N) is 1. The lowest BCUT2D eigenvalue weighted by Crippen LogP contribution is -2.32. The molecule has 3 aromatic rings. The van der Waals surface area contributed by atoms with Crippen LogP contribution < -0.4 is 5.32 Å². The van der Waals surface area contributed by atoms with E-state index in [0.717, 1.165) is 13.1 Å². The third kappa shape index (κ3) is 4.10. The van der Waals surface area contributed by atoms with Crippen LogP contribution >= 0.6 is 0 Å². The van der Waals surface area contributed by atoms with E-state index < -0.39 is 4.92 Å². The van der Waals surface area contributed by atoms with Crippen LogP contribution in [-0.2, 0) is 6.54 Å². The third-order valence-electron chi connectivity index (χ3n) is 3.81. The van der Waals surface area contributed by atoms with E-state index in [-0.39, 0.29) is 11.9 Å². The Labute approximate surface area is 145 Å². The van der Waals surface area contributed by atoms with Gasteiger partial charge < -0.3 is 20.3 Å². The summed E-state index contributed by atoms with van der Waals surface area (Å²) in [5, 5.41) is 18.6. The fourth-order valence-corrected chi connectivity index (χ4v) is 2.79. The van der Waals surface area contributed by atoms with Crippen LogP contribution in [0.3, 0.4) is 0 Å². The van der Waals surface area contributed by atoms with E-state index >= 15 is 0 Å². The first-order valence-electron chi connectivity index (χ1n) is 8.01. The highest BCUT2D eigenvalue weighted by Gasteiger charge is 2.16. The SMILES string of the molecule is CC(CN(C)Cc1ccccc1)Nc1ccc2ncc([N+](=O)[O-])n2n1. The zero-order valence-corrected chi connectivity index (χ0v) is 14.2. The number of hydrogen-bond donors (Lipinski definition) is 1. The molecule has 25 heavy (non-hydrogen) atoms. The number of imidazole rings is 1. The second kappa shape index (κ2) is 7.27. The molecular formula is C17H20N6O2. The Morgan fingerprint density at radius 1 is 1.28 bits per heavy atom. The molecule has 0 aliphatic heterocycles. The van der Waals surface area contributed by atoms with E-state index in [2.05, 4.69) is 46.4 Å². The maximum Gasteiger partial charge on any atom is 0.368 e. The molecule has 2 heterocycles. The van der Waals surface area contributed by atoms with Gasteiger partial charge in [-0.25, -0.2) is 4.98 Å². The van der Waals surface area contributed by atoms with Crippen LogP contribution in [0.15, 0.2) is 48.7 Å². The second-order valence-corrected chi connectivity index (χ2v) is 6.09. The highest BCUT2D eigenvalue weighted by atomic mass is 16.6. The fourth-order valence-electron chi connectivity index (χ4n) is 2.79. The average Bonchev–Trinajstić information content (AvgIpc) is 2.98. The maximum absolute atomic E-state index is 11.0. The summed E-state index contributed by atoms with van der Waals surface area (Å²) in [6, 6.07) is 13.9. The van der Waals surface area contributed by atoms with Crippen LogP contribution in [0.2, 0.25) is 0 Å². The maximum atomic E-state index is 11.0. The molecule has 1 atom stereocenters. The molecule has 0 bridgehead atoms. The molecule has 0 fully saturated rings. The minimum Gasteiger partial charge on any atom is -0.363 e. The molecule has 0 saturated heterocycles. The van der Waals surface area contributed by atoms with Crippen LogP contribution in [0.4, 0.5) is 11.6 Å². The van der Waals surface area contributed by atoms with Gasteiger partial charge in [0, 0.05) is 25.2 Å². The van der Waals surface area contributed by atoms with Gasteiger partial charge in [0.1, 0.15) is 6.20 Å². The Bertz CT molecular complexity index is 864. The molecule has 1 N–H and O–H groups in total. The summed E-state index contributed by atoms with van der Waals surface area (Å²) >= 11 is 0. The number of likely N-dealkylation sites (N-methyl/N-ethyl adjacent to an activating group) is 1. The van der Waals surface area contributed by atoms with Crippen LogP contribution in [-0.4, -0.2) is 44.1 Å². The van der Waals surface area contributed by atoms with Gasteiger partial charge in [0.25, 0.3) is 0 Å². The van der Waals surface area contributed by atoms with Crippen molar-refractivity contribution in [3.63, 3.8) is 0 Å². The second-order valence-electron chi connectivity index (χ2n) is 6.09. The van der Waals surface area contributed by atoms with E-state index in [4.69, 9.17) is 0 Å². The van der Waals surface area contributed by atoms with Crippen molar-refractivity contribution in [2.45, 2.75) is 19.5 Å². The lowest BCUT2D eigenvalue weighted by molar-refractivity contribution is -0.391. The van der Waals surface area contributed by atoms with Crippen molar-refractivity contribution in [1.29, 1.82) is 0 Å². The van der Waals surface area contributed by atoms with Crippen molar-refractivity contribution in [3.8, 4) is 0 Å². The lowest BCUT2D eigenvalue weighted by atomic mass is 10.2. The smallest absolute Gasteiger partial charge is 0.363 e. The summed E-state index contributed by atoms with van der Waals surface area (Å²) in [4.78, 5) is 16.7. The molecular weight excluding hydrogens is 320 g/mol. The molecule has 8 nitrogen and oxygen atoms in total. The minimum atomic E-state index is -0.492. The summed E-state index contributed by atoms with van der Waals surface area (Å²) in [5.74, 6) is 0.432. The molecule has 130 valence electrons. The van der Waals surface area contributed by atoms with E-state index in [9.17, 15) is 10.1 Å². The van der Waals surface area contributed by atoms with Crippen LogP contribution in [0.1, 0.15) is 12.5 Å². The Morgan fingerprint density at radius 3 is 2.76 bits per heavy atom. The monoisotopic (exact) mass is 340 g/mol. The largest absolute Gasteiger partial charge is 0.368 e. The molecule has 0 spiro atoms. The van der Waals surface area contributed by atoms with Crippen LogP contribution in [0.25, 0.3) is 5.65 Å². The predicted molar refractivity (Wildman–Crippen MR) is 95.5 cm³/mol. The van der Waals surface area contributed by atoms with Gasteiger partial charge in [-0.3, -0.25) is 0 Å². The van der Waals surface area contributed by atoms with Gasteiger partial charge in [0.05, 0.1) is 0 Å². The molecule has 3 rings (SSSR count). The zero-order valence-electron chi connectivity index (χ0n) is 14.2. The van der Waals surface area contributed by atoms with Crippen molar-refractivity contribution in [3.05, 3.63) is 64.3 Å². The van der Waals surface area contributed by atoms with Gasteiger partial charge in [-0.2, -0.15) is 0 Å². The Kier molecular flexibility index (Phi) is 4.90. The van der Waals surface area contributed by atoms with Gasteiger partial charge in [-0.15, -0.1) is 0 Å². The minimum absolute atomic E-state index is 0.126. The van der Waals surface area contributed by atoms with Crippen molar-refractivity contribution in [2.24, 2.45) is 0 Å². The van der Waals surface area contributed by atoms with Crippen molar-refractivity contribution >= 4 is 17.3 Å². The summed E-state index contributed by atoms with van der Waals surface area (Å²) in [6.07, 6.45) is 1.21. The van der Waals surface area contributed by atoms with Crippen molar-refractivity contribution in [2.75, 3.05) is 18.9 Å². The number of rotatable bonds is 7. The Hall–Kier alpha value is -3.00. The fraction of sp³-hybridized carbons (Fsp3) is 0.294. The van der Waals surface area contributed by atoms with E-state index in [0.29, 0.717) is 11.5 Å². The number of hydrogen-bond acceptors (Lipinski definition) is 6. The average molecular weight is 340 g/mol. The number of benzene rings is 1. The summed E-state index contributed by atoms with van der Waals surface area (Å²) in [6.45, 7) is 3.71. The third-order valence-corrected chi connectivity index (χ3v) is 3.81. The number of fused-ring (bicyclic) bond motifs is 1. The van der Waals surface area contributed by atoms with E-state index in [1.165, 1.54) is 16.3 Å². The Balaban J connectivity index is 1.64. The first-order valence-corrected chi connectivity index (χ1v) is 8.01. The first kappa shape index (κ1) is 16.8. The molecule has 1 unspecified atom stereocenters. The van der Waals surface area contributed by atoms with Crippen LogP contribution in [0, 0.1) is 10.1 Å². The first-order chi connectivity index (χ1) is 12.0. The van der Waals surface area contributed by atoms with Crippen molar-refractivity contribution < 1.29 is 4.92 Å². The molecule has 8 heteroatoms. The Morgan fingerprint density at radius 2 is 2.04 bits per heavy atom. The highest BCUT2D eigenvalue weighted by Crippen LogP contribution is 2.15. The summed E-state index contributed by atoms with van der Waals surface area (Å²) in [7, 11) is 2.06. The normalized spacial score (nSPS) is 12.4. The number of nitrogens with zero attached hydrogens (tertiary/aromatic N) is 5. The summed E-state index contributed by atoms with van der Waals surface area (Å²) < 4.78 is 1.24. The number of nitro groups is 1. The van der Waals surface area contributed by atoms with E-state index in [1.54, 1.807) is 12.1 Å². The topological polar surface area (TPSA) is 88.6 Å². The predicted octanol–water partition coefficient (Wildman–Crippen LogP) is 2.57. The number of aromatic nitrogens is 3. The molecule has 0 aliphatic rings. The lowest BCUT2D eigenvalue weighted by Gasteiger charge is -2.22. The molecule has 2 aromatic heterocycles. The molecule has 0 saturated carbocycles. The van der Waals surface area contributed by atoms with Crippen molar-refractivity contribution in [1.82, 2.24) is 19.5 Å². The molecule has 0 aliphatic carbocycles. The van der Waals surface area contributed by atoms with Crippen LogP contribution in [0.5, 0.6) is 0 Å². The molecule has 0 amide bonds.